The van der Waals surface area contributed by atoms with Crippen molar-refractivity contribution >= 4 is 11.9 Å². The summed E-state index contributed by atoms with van der Waals surface area (Å²) in [5, 5.41) is 5.08. The lowest BCUT2D eigenvalue weighted by Crippen LogP contribution is -2.94. The fraction of sp³-hybridized carbons (Fsp3) is 0.810. The SMILES string of the molecule is C=C1CCC[C@]2(C)C[C@H]3OC(=O)[C@H](C[NH2+][C@H]4CCCCNC4=O)[C@H]3C[C@@H]12. The van der Waals surface area contributed by atoms with Gasteiger partial charge in [0.15, 0.2) is 6.04 Å². The largest absolute Gasteiger partial charge is 0.462 e. The molecule has 4 fully saturated rings. The molecule has 0 radical (unpaired) electrons. The van der Waals surface area contributed by atoms with Crippen molar-refractivity contribution in [2.75, 3.05) is 13.1 Å². The van der Waals surface area contributed by atoms with Crippen molar-refractivity contribution < 1.29 is 19.6 Å². The van der Waals surface area contributed by atoms with E-state index in [9.17, 15) is 9.59 Å². The molecule has 144 valence electrons. The van der Waals surface area contributed by atoms with Gasteiger partial charge in [-0.05, 0) is 56.3 Å². The number of esters is 1. The molecule has 2 saturated heterocycles. The van der Waals surface area contributed by atoms with Crippen molar-refractivity contribution in [1.82, 2.24) is 5.32 Å². The van der Waals surface area contributed by atoms with Crippen LogP contribution in [0.15, 0.2) is 12.2 Å². The van der Waals surface area contributed by atoms with Crippen LogP contribution in [-0.2, 0) is 14.3 Å². The summed E-state index contributed by atoms with van der Waals surface area (Å²) in [5.41, 5.74) is 1.62. The highest BCUT2D eigenvalue weighted by Crippen LogP contribution is 2.56. The second-order valence-electron chi connectivity index (χ2n) is 9.27. The molecular weight excluding hydrogens is 328 g/mol. The Hall–Kier alpha value is -1.36. The van der Waals surface area contributed by atoms with Crippen LogP contribution < -0.4 is 10.6 Å². The van der Waals surface area contributed by atoms with Crippen LogP contribution in [0, 0.1) is 23.2 Å². The first-order valence-electron chi connectivity index (χ1n) is 10.5. The number of rotatable bonds is 3. The monoisotopic (exact) mass is 361 g/mol. The van der Waals surface area contributed by atoms with Crippen LogP contribution >= 0.6 is 0 Å². The number of hydrogen-bond donors (Lipinski definition) is 2. The minimum atomic E-state index is -0.0738. The van der Waals surface area contributed by atoms with Crippen molar-refractivity contribution in [2.24, 2.45) is 23.2 Å². The smallest absolute Gasteiger partial charge is 0.315 e. The molecular formula is C21H33N2O3+. The Morgan fingerprint density at radius 2 is 2.15 bits per heavy atom. The Balaban J connectivity index is 1.44. The third-order valence-electron chi connectivity index (χ3n) is 7.57. The average molecular weight is 362 g/mol. The van der Waals surface area contributed by atoms with E-state index in [-0.39, 0.29) is 35.4 Å². The molecule has 6 atom stereocenters. The Kier molecular flexibility index (Phi) is 4.84. The van der Waals surface area contributed by atoms with Gasteiger partial charge in [0.1, 0.15) is 12.0 Å². The third-order valence-corrected chi connectivity index (χ3v) is 7.57. The number of carbonyl (C=O) groups excluding carboxylic acids is 2. The van der Waals surface area contributed by atoms with Crippen LogP contribution in [0.4, 0.5) is 0 Å². The molecule has 0 aromatic carbocycles. The minimum Gasteiger partial charge on any atom is -0.462 e. The van der Waals surface area contributed by atoms with E-state index in [4.69, 9.17) is 4.74 Å². The molecule has 0 bridgehead atoms. The molecule has 2 aliphatic heterocycles. The summed E-state index contributed by atoms with van der Waals surface area (Å²) in [6, 6.07) is -0.0529. The first-order chi connectivity index (χ1) is 12.5. The number of fused-ring (bicyclic) bond motifs is 2. The van der Waals surface area contributed by atoms with Crippen LogP contribution in [0.5, 0.6) is 0 Å². The predicted molar refractivity (Wildman–Crippen MR) is 98.1 cm³/mol. The van der Waals surface area contributed by atoms with Crippen molar-refractivity contribution in [3.05, 3.63) is 12.2 Å². The predicted octanol–water partition coefficient (Wildman–Crippen LogP) is 1.53. The molecule has 5 heteroatoms. The lowest BCUT2D eigenvalue weighted by atomic mass is 9.55. The molecule has 1 amide bonds. The Morgan fingerprint density at radius 3 is 3.00 bits per heavy atom. The quantitative estimate of drug-likeness (QED) is 0.592. The summed E-state index contributed by atoms with van der Waals surface area (Å²) < 4.78 is 5.83. The number of quaternary nitrogens is 1. The number of carbonyl (C=O) groups is 2. The highest BCUT2D eigenvalue weighted by atomic mass is 16.6. The summed E-state index contributed by atoms with van der Waals surface area (Å²) in [6.45, 7) is 8.17. The second kappa shape index (κ2) is 6.99. The molecule has 0 unspecified atom stereocenters. The lowest BCUT2D eigenvalue weighted by molar-refractivity contribution is -0.681. The maximum atomic E-state index is 12.6. The highest BCUT2D eigenvalue weighted by Gasteiger charge is 2.55. The second-order valence-corrected chi connectivity index (χ2v) is 9.27. The van der Waals surface area contributed by atoms with Gasteiger partial charge >= 0.3 is 5.97 Å². The number of ether oxygens (including phenoxy) is 1. The molecule has 5 nitrogen and oxygen atoms in total. The highest BCUT2D eigenvalue weighted by molar-refractivity contribution is 5.80. The van der Waals surface area contributed by atoms with E-state index >= 15 is 0 Å². The standard InChI is InChI=1S/C21H32N2O3/c1-13-6-5-8-21(2)11-18-14(10-16(13)21)15(20(25)26-18)12-23-17-7-3-4-9-22-19(17)24/h14-18,23H,1,3-12H2,2H3,(H,22,24)/p+1/t14-,15-,16+,17+,18-,21-/m1/s1. The Labute approximate surface area is 156 Å². The Bertz CT molecular complexity index is 604. The maximum Gasteiger partial charge on any atom is 0.315 e. The molecule has 4 aliphatic rings. The molecule has 3 N–H and O–H groups in total. The molecule has 26 heavy (non-hydrogen) atoms. The number of nitrogens with one attached hydrogen (secondary N) is 1. The van der Waals surface area contributed by atoms with Crippen LogP contribution in [0.3, 0.4) is 0 Å². The van der Waals surface area contributed by atoms with E-state index in [2.05, 4.69) is 24.1 Å². The molecule has 2 heterocycles. The van der Waals surface area contributed by atoms with Gasteiger partial charge in [0.2, 0.25) is 0 Å². The maximum absolute atomic E-state index is 12.6. The minimum absolute atomic E-state index is 0.0434. The van der Waals surface area contributed by atoms with Gasteiger partial charge in [-0.1, -0.05) is 19.1 Å². The van der Waals surface area contributed by atoms with Crippen molar-refractivity contribution in [3.8, 4) is 0 Å². The summed E-state index contributed by atoms with van der Waals surface area (Å²) in [7, 11) is 0. The summed E-state index contributed by atoms with van der Waals surface area (Å²) >= 11 is 0. The fourth-order valence-electron chi connectivity index (χ4n) is 6.02. The van der Waals surface area contributed by atoms with Crippen LogP contribution in [-0.4, -0.2) is 37.1 Å². The van der Waals surface area contributed by atoms with Crippen LogP contribution in [0.2, 0.25) is 0 Å². The summed E-state index contributed by atoms with van der Waals surface area (Å²) in [6.07, 6.45) is 8.66. The van der Waals surface area contributed by atoms with E-state index in [1.807, 2.05) is 0 Å². The molecule has 0 aromatic rings. The van der Waals surface area contributed by atoms with E-state index in [0.717, 1.165) is 45.1 Å². The Morgan fingerprint density at radius 1 is 1.31 bits per heavy atom. The summed E-state index contributed by atoms with van der Waals surface area (Å²) in [5.74, 6) is 0.826. The number of nitrogens with two attached hydrogens (primary N) is 1. The van der Waals surface area contributed by atoms with E-state index in [1.54, 1.807) is 0 Å². The average Bonchev–Trinajstić information content (AvgIpc) is 2.74. The molecule has 0 spiro atoms. The first-order valence-corrected chi connectivity index (χ1v) is 10.5. The van der Waals surface area contributed by atoms with Gasteiger partial charge in [-0.25, -0.2) is 0 Å². The zero-order valence-corrected chi connectivity index (χ0v) is 16.0. The van der Waals surface area contributed by atoms with E-state index in [1.165, 1.54) is 18.4 Å². The number of allylic oxidation sites excluding steroid dienone is 1. The van der Waals surface area contributed by atoms with Crippen LogP contribution in [0.1, 0.15) is 58.3 Å². The van der Waals surface area contributed by atoms with Gasteiger partial charge in [-0.15, -0.1) is 0 Å². The number of hydrogen-bond acceptors (Lipinski definition) is 3. The molecule has 2 saturated carbocycles. The van der Waals surface area contributed by atoms with Crippen molar-refractivity contribution in [3.63, 3.8) is 0 Å². The normalized spacial score (nSPS) is 43.1. The van der Waals surface area contributed by atoms with Crippen molar-refractivity contribution in [1.29, 1.82) is 0 Å². The summed E-state index contributed by atoms with van der Waals surface area (Å²) in [4.78, 5) is 24.8. The van der Waals surface area contributed by atoms with E-state index in [0.29, 0.717) is 18.4 Å². The zero-order valence-electron chi connectivity index (χ0n) is 16.0. The van der Waals surface area contributed by atoms with E-state index < -0.39 is 0 Å². The van der Waals surface area contributed by atoms with Gasteiger partial charge in [0, 0.05) is 18.9 Å². The van der Waals surface area contributed by atoms with Crippen molar-refractivity contribution in [2.45, 2.75) is 70.4 Å². The zero-order chi connectivity index (χ0) is 18.3. The molecule has 4 rings (SSSR count). The van der Waals surface area contributed by atoms with Gasteiger partial charge in [-0.3, -0.25) is 9.59 Å². The van der Waals surface area contributed by atoms with Crippen LogP contribution in [0.25, 0.3) is 0 Å². The topological polar surface area (TPSA) is 72.0 Å². The van der Waals surface area contributed by atoms with Gasteiger partial charge in [-0.2, -0.15) is 0 Å². The van der Waals surface area contributed by atoms with Gasteiger partial charge in [0.05, 0.1) is 6.54 Å². The lowest BCUT2D eigenvalue weighted by Gasteiger charge is -2.49. The third kappa shape index (κ3) is 3.19. The van der Waals surface area contributed by atoms with Gasteiger partial charge in [0.25, 0.3) is 5.91 Å². The number of amides is 1. The first kappa shape index (κ1) is 18.0. The fourth-order valence-corrected chi connectivity index (χ4v) is 6.02. The molecule has 2 aliphatic carbocycles. The van der Waals surface area contributed by atoms with Gasteiger partial charge < -0.3 is 15.4 Å². The molecule has 0 aromatic heterocycles.